The zero-order chi connectivity index (χ0) is 14.4. The number of amides is 2. The minimum absolute atomic E-state index is 0.0334. The molecule has 0 aromatic carbocycles. The van der Waals surface area contributed by atoms with Crippen molar-refractivity contribution < 1.29 is 14.7 Å². The predicted octanol–water partition coefficient (Wildman–Crippen LogP) is 0.874. The van der Waals surface area contributed by atoms with E-state index >= 15 is 0 Å². The van der Waals surface area contributed by atoms with Gasteiger partial charge in [-0.2, -0.15) is 5.10 Å². The summed E-state index contributed by atoms with van der Waals surface area (Å²) in [5, 5.41) is 20.8. The maximum atomic E-state index is 11.6. The molecule has 0 saturated heterocycles. The number of carboxylic acid groups (broad SMARTS) is 1. The highest BCUT2D eigenvalue weighted by Crippen LogP contribution is 2.09. The maximum absolute atomic E-state index is 11.6. The lowest BCUT2D eigenvalue weighted by Crippen LogP contribution is -2.41. The third-order valence-corrected chi connectivity index (χ3v) is 2.98. The van der Waals surface area contributed by atoms with Crippen molar-refractivity contribution >= 4 is 12.0 Å². The van der Waals surface area contributed by atoms with Gasteiger partial charge in [0.25, 0.3) is 0 Å². The number of carbonyl (C=O) groups is 2. The quantitative estimate of drug-likeness (QED) is 0.614. The second-order valence-corrected chi connectivity index (χ2v) is 4.77. The number of H-pyrrole nitrogens is 1. The topological polar surface area (TPSA) is 107 Å². The van der Waals surface area contributed by atoms with E-state index in [0.717, 1.165) is 11.3 Å². The highest BCUT2D eigenvalue weighted by Gasteiger charge is 2.21. The number of carboxylic acids is 1. The molecule has 4 N–H and O–H groups in total. The van der Waals surface area contributed by atoms with Crippen LogP contribution in [-0.4, -0.2) is 33.8 Å². The molecular formula is C12H20N4O3. The zero-order valence-electron chi connectivity index (χ0n) is 11.4. The number of rotatable bonds is 6. The van der Waals surface area contributed by atoms with E-state index in [9.17, 15) is 9.59 Å². The van der Waals surface area contributed by atoms with E-state index in [-0.39, 0.29) is 18.5 Å². The molecule has 0 spiro atoms. The molecule has 19 heavy (non-hydrogen) atoms. The first-order valence-corrected chi connectivity index (χ1v) is 6.15. The van der Waals surface area contributed by atoms with Crippen LogP contribution in [0.4, 0.5) is 4.79 Å². The van der Waals surface area contributed by atoms with Crippen LogP contribution in [0.2, 0.25) is 0 Å². The van der Waals surface area contributed by atoms with Gasteiger partial charge in [0.1, 0.15) is 0 Å². The number of hydrogen-bond acceptors (Lipinski definition) is 3. The molecule has 0 aliphatic heterocycles. The number of urea groups is 1. The van der Waals surface area contributed by atoms with E-state index in [1.807, 2.05) is 20.8 Å². The van der Waals surface area contributed by atoms with Crippen LogP contribution >= 0.6 is 0 Å². The number of aryl methyl sites for hydroxylation is 1. The van der Waals surface area contributed by atoms with Crippen molar-refractivity contribution in [3.05, 3.63) is 17.5 Å². The Labute approximate surface area is 111 Å². The van der Waals surface area contributed by atoms with Crippen molar-refractivity contribution in [3.8, 4) is 0 Å². The molecule has 1 rings (SSSR count). The third kappa shape index (κ3) is 4.61. The minimum atomic E-state index is -0.902. The molecule has 2 amide bonds. The largest absolute Gasteiger partial charge is 0.481 e. The van der Waals surface area contributed by atoms with Crippen LogP contribution in [0, 0.1) is 18.8 Å². The van der Waals surface area contributed by atoms with E-state index in [0.29, 0.717) is 6.54 Å². The second-order valence-electron chi connectivity index (χ2n) is 4.77. The van der Waals surface area contributed by atoms with Crippen LogP contribution < -0.4 is 10.6 Å². The molecule has 0 aliphatic carbocycles. The lowest BCUT2D eigenvalue weighted by atomic mass is 9.96. The maximum Gasteiger partial charge on any atom is 0.315 e. The Kier molecular flexibility index (Phi) is 5.35. The van der Waals surface area contributed by atoms with E-state index in [4.69, 9.17) is 5.11 Å². The average Bonchev–Trinajstić information content (AvgIpc) is 2.71. The summed E-state index contributed by atoms with van der Waals surface area (Å²) in [4.78, 5) is 22.5. The van der Waals surface area contributed by atoms with Gasteiger partial charge in [-0.25, -0.2) is 4.79 Å². The standard InChI is InChI=1S/C12H20N4O3/c1-7(2)10(11(17)18)6-14-12(19)13-4-9-5-15-16-8(9)3/h5,7,10H,4,6H2,1-3H3,(H,15,16)(H,17,18)(H2,13,14,19). The second kappa shape index (κ2) is 6.77. The van der Waals surface area contributed by atoms with Crippen LogP contribution in [0.1, 0.15) is 25.1 Å². The lowest BCUT2D eigenvalue weighted by Gasteiger charge is -2.16. The normalized spacial score (nSPS) is 12.2. The van der Waals surface area contributed by atoms with Crippen molar-refractivity contribution in [2.24, 2.45) is 11.8 Å². The lowest BCUT2D eigenvalue weighted by molar-refractivity contribution is -0.142. The molecule has 0 aliphatic rings. The van der Waals surface area contributed by atoms with Gasteiger partial charge in [-0.15, -0.1) is 0 Å². The molecule has 7 heteroatoms. The molecule has 1 heterocycles. The Morgan fingerprint density at radius 1 is 1.42 bits per heavy atom. The first-order valence-electron chi connectivity index (χ1n) is 6.15. The highest BCUT2D eigenvalue weighted by molar-refractivity contribution is 5.75. The summed E-state index contributed by atoms with van der Waals surface area (Å²) in [7, 11) is 0. The number of aromatic nitrogens is 2. The van der Waals surface area contributed by atoms with Crippen LogP contribution in [0.3, 0.4) is 0 Å². The van der Waals surface area contributed by atoms with Gasteiger partial charge in [-0.1, -0.05) is 13.8 Å². The Balaban J connectivity index is 2.35. The fourth-order valence-electron chi connectivity index (χ4n) is 1.60. The van der Waals surface area contributed by atoms with Gasteiger partial charge >= 0.3 is 12.0 Å². The molecular weight excluding hydrogens is 248 g/mol. The molecule has 106 valence electrons. The fraction of sp³-hybridized carbons (Fsp3) is 0.583. The number of aromatic amines is 1. The van der Waals surface area contributed by atoms with Gasteiger partial charge in [0.15, 0.2) is 0 Å². The van der Waals surface area contributed by atoms with Crippen LogP contribution in [0.25, 0.3) is 0 Å². The Bertz CT molecular complexity index is 442. The van der Waals surface area contributed by atoms with Crippen molar-refractivity contribution in [2.75, 3.05) is 6.54 Å². The summed E-state index contributed by atoms with van der Waals surface area (Å²) in [5.41, 5.74) is 1.79. The number of nitrogens with zero attached hydrogens (tertiary/aromatic N) is 1. The molecule has 0 bridgehead atoms. The van der Waals surface area contributed by atoms with Crippen LogP contribution in [0.15, 0.2) is 6.20 Å². The summed E-state index contributed by atoms with van der Waals surface area (Å²) in [5.74, 6) is -1.52. The Morgan fingerprint density at radius 2 is 2.11 bits per heavy atom. The number of aliphatic carboxylic acids is 1. The summed E-state index contributed by atoms with van der Waals surface area (Å²) < 4.78 is 0. The fourth-order valence-corrected chi connectivity index (χ4v) is 1.60. The summed E-state index contributed by atoms with van der Waals surface area (Å²) >= 11 is 0. The predicted molar refractivity (Wildman–Crippen MR) is 69.5 cm³/mol. The van der Waals surface area contributed by atoms with Gasteiger partial charge in [0, 0.05) is 24.3 Å². The van der Waals surface area contributed by atoms with E-state index in [1.165, 1.54) is 0 Å². The monoisotopic (exact) mass is 268 g/mol. The van der Waals surface area contributed by atoms with Gasteiger partial charge in [-0.3, -0.25) is 9.89 Å². The Morgan fingerprint density at radius 3 is 2.58 bits per heavy atom. The smallest absolute Gasteiger partial charge is 0.315 e. The minimum Gasteiger partial charge on any atom is -0.481 e. The van der Waals surface area contributed by atoms with Gasteiger partial charge in [-0.05, 0) is 12.8 Å². The van der Waals surface area contributed by atoms with Gasteiger partial charge < -0.3 is 15.7 Å². The number of carbonyl (C=O) groups excluding carboxylic acids is 1. The third-order valence-electron chi connectivity index (χ3n) is 2.98. The number of nitrogens with one attached hydrogen (secondary N) is 3. The molecule has 1 aromatic heterocycles. The molecule has 0 saturated carbocycles. The summed E-state index contributed by atoms with van der Waals surface area (Å²) in [6.45, 7) is 5.96. The first kappa shape index (κ1) is 15.0. The summed E-state index contributed by atoms with van der Waals surface area (Å²) in [6, 6.07) is -0.382. The SMILES string of the molecule is Cc1[nH]ncc1CNC(=O)NCC(C(=O)O)C(C)C. The number of hydrogen-bond donors (Lipinski definition) is 4. The van der Waals surface area contributed by atoms with Crippen molar-refractivity contribution in [1.82, 2.24) is 20.8 Å². The summed E-state index contributed by atoms with van der Waals surface area (Å²) in [6.07, 6.45) is 1.64. The highest BCUT2D eigenvalue weighted by atomic mass is 16.4. The first-order chi connectivity index (χ1) is 8.91. The Hall–Kier alpha value is -2.05. The molecule has 1 unspecified atom stereocenters. The molecule has 0 radical (unpaired) electrons. The van der Waals surface area contributed by atoms with Crippen molar-refractivity contribution in [1.29, 1.82) is 0 Å². The van der Waals surface area contributed by atoms with Crippen molar-refractivity contribution in [2.45, 2.75) is 27.3 Å². The van der Waals surface area contributed by atoms with E-state index < -0.39 is 11.9 Å². The van der Waals surface area contributed by atoms with E-state index in [2.05, 4.69) is 20.8 Å². The average molecular weight is 268 g/mol. The molecule has 1 atom stereocenters. The van der Waals surface area contributed by atoms with Crippen LogP contribution in [-0.2, 0) is 11.3 Å². The molecule has 0 fully saturated rings. The molecule has 1 aromatic rings. The van der Waals surface area contributed by atoms with Crippen LogP contribution in [0.5, 0.6) is 0 Å². The van der Waals surface area contributed by atoms with E-state index in [1.54, 1.807) is 6.20 Å². The zero-order valence-corrected chi connectivity index (χ0v) is 11.4. The molecule has 7 nitrogen and oxygen atoms in total. The van der Waals surface area contributed by atoms with Crippen molar-refractivity contribution in [3.63, 3.8) is 0 Å². The van der Waals surface area contributed by atoms with Gasteiger partial charge in [0.2, 0.25) is 0 Å². The van der Waals surface area contributed by atoms with Gasteiger partial charge in [0.05, 0.1) is 12.1 Å².